The van der Waals surface area contributed by atoms with Crippen molar-refractivity contribution in [2.24, 2.45) is 5.41 Å². The molecule has 6 nitrogen and oxygen atoms in total. The Bertz CT molecular complexity index is 706. The van der Waals surface area contributed by atoms with E-state index >= 15 is 0 Å². The van der Waals surface area contributed by atoms with E-state index in [-0.39, 0.29) is 0 Å². The number of carboxylic acid groups (broad SMARTS) is 1. The summed E-state index contributed by atoms with van der Waals surface area (Å²) < 4.78 is 0. The van der Waals surface area contributed by atoms with Gasteiger partial charge >= 0.3 is 5.97 Å². The minimum Gasteiger partial charge on any atom is -0.481 e. The Morgan fingerprint density at radius 3 is 2.71 bits per heavy atom. The zero-order chi connectivity index (χ0) is 17.2. The van der Waals surface area contributed by atoms with Crippen LogP contribution in [0.5, 0.6) is 0 Å². The molecule has 0 aliphatic carbocycles. The van der Waals surface area contributed by atoms with Gasteiger partial charge in [-0.1, -0.05) is 30.3 Å². The highest BCUT2D eigenvalue weighted by Crippen LogP contribution is 2.36. The predicted molar refractivity (Wildman–Crippen MR) is 90.8 cm³/mol. The molecule has 7 heteroatoms. The molecule has 2 aromatic rings. The maximum absolute atomic E-state index is 12.0. The number of β-amino-alcohol motifs (C(OH)–C–C–N with tert-alkyl or cyclic N) is 1. The molecule has 0 spiro atoms. The number of aliphatic hydroxyl groups is 1. The second-order valence-corrected chi connectivity index (χ2v) is 7.61. The van der Waals surface area contributed by atoms with Crippen LogP contribution >= 0.6 is 11.3 Å². The lowest BCUT2D eigenvalue weighted by Crippen LogP contribution is -2.55. The highest BCUT2D eigenvalue weighted by Gasteiger charge is 2.48. The summed E-state index contributed by atoms with van der Waals surface area (Å²) in [5, 5.41) is 30.4. The van der Waals surface area contributed by atoms with Crippen LogP contribution in [-0.4, -0.2) is 50.5 Å². The van der Waals surface area contributed by atoms with Crippen LogP contribution in [0.4, 0.5) is 0 Å². The average molecular weight is 347 g/mol. The maximum atomic E-state index is 12.0. The van der Waals surface area contributed by atoms with Crippen molar-refractivity contribution in [2.75, 3.05) is 13.1 Å². The highest BCUT2D eigenvalue weighted by atomic mass is 32.1. The van der Waals surface area contributed by atoms with Crippen molar-refractivity contribution in [1.29, 1.82) is 0 Å². The summed E-state index contributed by atoms with van der Waals surface area (Å²) in [6.45, 7) is 3.46. The molecule has 0 radical (unpaired) electrons. The van der Waals surface area contributed by atoms with Gasteiger partial charge in [-0.05, 0) is 31.9 Å². The molecule has 1 aromatic carbocycles. The number of aliphatic carboxylic acids is 1. The Morgan fingerprint density at radius 1 is 1.38 bits per heavy atom. The number of nitrogens with zero attached hydrogens (tertiary/aromatic N) is 3. The van der Waals surface area contributed by atoms with Crippen LogP contribution in [0.25, 0.3) is 0 Å². The molecule has 0 amide bonds. The predicted octanol–water partition coefficient (Wildman–Crippen LogP) is 1.73. The average Bonchev–Trinajstić information content (AvgIpc) is 2.96. The van der Waals surface area contributed by atoms with Gasteiger partial charge in [0.25, 0.3) is 0 Å². The quantitative estimate of drug-likeness (QED) is 0.857. The molecule has 1 aromatic heterocycles. The van der Waals surface area contributed by atoms with Gasteiger partial charge in [-0.2, -0.15) is 0 Å². The summed E-state index contributed by atoms with van der Waals surface area (Å²) >= 11 is 1.53. The molecular formula is C17H21N3O3S. The van der Waals surface area contributed by atoms with Crippen molar-refractivity contribution >= 4 is 17.3 Å². The third-order valence-corrected chi connectivity index (χ3v) is 5.48. The van der Waals surface area contributed by atoms with Crippen LogP contribution in [0, 0.1) is 12.3 Å². The lowest BCUT2D eigenvalue weighted by molar-refractivity contribution is -0.163. The van der Waals surface area contributed by atoms with Crippen molar-refractivity contribution < 1.29 is 15.0 Å². The standard InChI is InChI=1S/C17H21N3O3S/c1-12-18-19-15(24-12)11-20-8-7-17(16(22)23,14(21)10-20)9-13-5-3-2-4-6-13/h2-6,14,21H,7-11H2,1H3,(H,22,23)/t14?,17-/m1/s1. The second kappa shape index (κ2) is 6.96. The summed E-state index contributed by atoms with van der Waals surface area (Å²) in [7, 11) is 0. The fraction of sp³-hybridized carbons (Fsp3) is 0.471. The normalized spacial score (nSPS) is 24.8. The fourth-order valence-electron chi connectivity index (χ4n) is 3.26. The number of hydrogen-bond acceptors (Lipinski definition) is 6. The summed E-state index contributed by atoms with van der Waals surface area (Å²) in [6, 6.07) is 9.51. The van der Waals surface area contributed by atoms with Crippen molar-refractivity contribution in [3.05, 3.63) is 45.9 Å². The molecule has 128 valence electrons. The van der Waals surface area contributed by atoms with E-state index in [4.69, 9.17) is 0 Å². The molecular weight excluding hydrogens is 326 g/mol. The summed E-state index contributed by atoms with van der Waals surface area (Å²) in [4.78, 5) is 14.0. The third-order valence-electron chi connectivity index (χ3n) is 4.66. The fourth-order valence-corrected chi connectivity index (χ4v) is 4.01. The van der Waals surface area contributed by atoms with Crippen LogP contribution < -0.4 is 0 Å². The lowest BCUT2D eigenvalue weighted by atomic mass is 9.71. The van der Waals surface area contributed by atoms with Crippen LogP contribution in [0.2, 0.25) is 0 Å². The summed E-state index contributed by atoms with van der Waals surface area (Å²) in [6.07, 6.45) is -0.162. The van der Waals surface area contributed by atoms with E-state index in [1.807, 2.05) is 37.3 Å². The van der Waals surface area contributed by atoms with E-state index in [1.165, 1.54) is 11.3 Å². The Balaban J connectivity index is 1.72. The van der Waals surface area contributed by atoms with Gasteiger partial charge in [0.1, 0.15) is 15.4 Å². The highest BCUT2D eigenvalue weighted by molar-refractivity contribution is 7.11. The molecule has 2 atom stereocenters. The molecule has 2 heterocycles. The van der Waals surface area contributed by atoms with Crippen LogP contribution in [0.3, 0.4) is 0 Å². The smallest absolute Gasteiger partial charge is 0.312 e. The number of carboxylic acids is 1. The SMILES string of the molecule is Cc1nnc(CN2CC[C@](Cc3ccccc3)(C(=O)O)C(O)C2)s1. The molecule has 24 heavy (non-hydrogen) atoms. The minimum absolute atomic E-state index is 0.331. The molecule has 1 unspecified atom stereocenters. The summed E-state index contributed by atoms with van der Waals surface area (Å²) in [5.74, 6) is -0.926. The first-order valence-electron chi connectivity index (χ1n) is 7.96. The molecule has 0 bridgehead atoms. The van der Waals surface area contributed by atoms with Crippen molar-refractivity contribution in [2.45, 2.75) is 32.4 Å². The van der Waals surface area contributed by atoms with E-state index in [0.717, 1.165) is 15.6 Å². The number of aryl methyl sites for hydroxylation is 1. The van der Waals surface area contributed by atoms with Crippen molar-refractivity contribution in [1.82, 2.24) is 15.1 Å². The van der Waals surface area contributed by atoms with Gasteiger partial charge in [0.15, 0.2) is 0 Å². The van der Waals surface area contributed by atoms with Gasteiger partial charge < -0.3 is 10.2 Å². The zero-order valence-corrected chi connectivity index (χ0v) is 14.4. The number of piperidine rings is 1. The Morgan fingerprint density at radius 2 is 2.12 bits per heavy atom. The molecule has 1 aliphatic rings. The van der Waals surface area contributed by atoms with Crippen LogP contribution in [-0.2, 0) is 17.8 Å². The van der Waals surface area contributed by atoms with Gasteiger partial charge in [0, 0.05) is 6.54 Å². The second-order valence-electron chi connectivity index (χ2n) is 6.34. The van der Waals surface area contributed by atoms with E-state index in [1.54, 1.807) is 0 Å². The Kier molecular flexibility index (Phi) is 4.93. The van der Waals surface area contributed by atoms with Crippen LogP contribution in [0.15, 0.2) is 30.3 Å². The number of benzene rings is 1. The Hall–Kier alpha value is -1.83. The van der Waals surface area contributed by atoms with Gasteiger partial charge in [0.2, 0.25) is 0 Å². The zero-order valence-electron chi connectivity index (χ0n) is 13.6. The van der Waals surface area contributed by atoms with Crippen LogP contribution in [0.1, 0.15) is 22.0 Å². The largest absolute Gasteiger partial charge is 0.481 e. The van der Waals surface area contributed by atoms with Crippen molar-refractivity contribution in [3.63, 3.8) is 0 Å². The maximum Gasteiger partial charge on any atom is 0.312 e. The van der Waals surface area contributed by atoms with Gasteiger partial charge in [-0.3, -0.25) is 9.69 Å². The number of aromatic nitrogens is 2. The third kappa shape index (κ3) is 3.48. The number of hydrogen-bond donors (Lipinski definition) is 2. The minimum atomic E-state index is -1.13. The first-order valence-corrected chi connectivity index (χ1v) is 8.78. The molecule has 1 aliphatic heterocycles. The monoisotopic (exact) mass is 347 g/mol. The van der Waals surface area contributed by atoms with Crippen molar-refractivity contribution in [3.8, 4) is 0 Å². The van der Waals surface area contributed by atoms with Gasteiger partial charge in [-0.15, -0.1) is 21.5 Å². The van der Waals surface area contributed by atoms with Gasteiger partial charge in [-0.25, -0.2) is 0 Å². The number of rotatable bonds is 5. The Labute approximate surface area is 144 Å². The van der Waals surface area contributed by atoms with E-state index in [9.17, 15) is 15.0 Å². The number of carbonyl (C=O) groups is 1. The summed E-state index contributed by atoms with van der Waals surface area (Å²) in [5.41, 5.74) is -0.193. The molecule has 2 N–H and O–H groups in total. The van der Waals surface area contributed by atoms with E-state index in [0.29, 0.717) is 32.5 Å². The van der Waals surface area contributed by atoms with Gasteiger partial charge in [0.05, 0.1) is 12.6 Å². The number of likely N-dealkylation sites (tertiary alicyclic amines) is 1. The first-order chi connectivity index (χ1) is 11.5. The topological polar surface area (TPSA) is 86.6 Å². The molecule has 3 rings (SSSR count). The van der Waals surface area contributed by atoms with E-state index in [2.05, 4.69) is 15.1 Å². The van der Waals surface area contributed by atoms with E-state index < -0.39 is 17.5 Å². The molecule has 1 saturated heterocycles. The first kappa shape index (κ1) is 17.0. The molecule has 1 fully saturated rings. The number of aliphatic hydroxyl groups excluding tert-OH is 1. The molecule has 0 saturated carbocycles. The lowest BCUT2D eigenvalue weighted by Gasteiger charge is -2.42.